The van der Waals surface area contributed by atoms with Crippen LogP contribution in [0, 0.1) is 5.41 Å². The lowest BCUT2D eigenvalue weighted by Crippen LogP contribution is -2.49. The molecule has 2 amide bonds. The first-order valence-corrected chi connectivity index (χ1v) is 11.4. The lowest BCUT2D eigenvalue weighted by molar-refractivity contribution is -0.147. The van der Waals surface area contributed by atoms with Gasteiger partial charge in [-0.15, -0.1) is 0 Å². The van der Waals surface area contributed by atoms with Crippen molar-refractivity contribution in [2.45, 2.75) is 45.1 Å². The minimum Gasteiger partial charge on any atom is -0.453 e. The molecule has 0 unspecified atom stereocenters. The quantitative estimate of drug-likeness (QED) is 0.648. The van der Waals surface area contributed by atoms with Gasteiger partial charge in [-0.3, -0.25) is 14.3 Å². The summed E-state index contributed by atoms with van der Waals surface area (Å²) < 4.78 is 8.14. The first kappa shape index (κ1) is 19.3. The molecule has 1 aromatic heterocycles. The van der Waals surface area contributed by atoms with Crippen LogP contribution in [0.4, 0.5) is 5.69 Å². The van der Waals surface area contributed by atoms with E-state index in [-0.39, 0.29) is 17.4 Å². The molecule has 32 heavy (non-hydrogen) atoms. The summed E-state index contributed by atoms with van der Waals surface area (Å²) >= 11 is 0. The zero-order chi connectivity index (χ0) is 21.9. The normalized spacial score (nSPS) is 19.7. The molecule has 1 N–H and O–H groups in total. The summed E-state index contributed by atoms with van der Waals surface area (Å²) in [7, 11) is 0. The van der Waals surface area contributed by atoms with Crippen LogP contribution >= 0.6 is 0 Å². The minimum absolute atomic E-state index is 0.0771. The summed E-state index contributed by atoms with van der Waals surface area (Å²) in [5, 5.41) is 9.25. The Morgan fingerprint density at radius 1 is 1.19 bits per heavy atom. The zero-order valence-corrected chi connectivity index (χ0v) is 18.1. The van der Waals surface area contributed by atoms with Crippen LogP contribution in [0.1, 0.15) is 55.4 Å². The van der Waals surface area contributed by atoms with Gasteiger partial charge in [-0.25, -0.2) is 0 Å². The molecule has 1 aliphatic carbocycles. The summed E-state index contributed by atoms with van der Waals surface area (Å²) in [5.41, 5.74) is 1.37. The summed E-state index contributed by atoms with van der Waals surface area (Å²) in [4.78, 5) is 27.0. The van der Waals surface area contributed by atoms with E-state index >= 15 is 0 Å². The topological polar surface area (TPSA) is 76.5 Å². The van der Waals surface area contributed by atoms with E-state index in [4.69, 9.17) is 4.74 Å². The van der Waals surface area contributed by atoms with Crippen molar-refractivity contribution in [3.8, 4) is 11.5 Å². The van der Waals surface area contributed by atoms with Gasteiger partial charge in [0.15, 0.2) is 5.75 Å². The maximum Gasteiger partial charge on any atom is 0.256 e. The smallest absolute Gasteiger partial charge is 0.256 e. The van der Waals surface area contributed by atoms with E-state index in [1.165, 1.54) is 6.42 Å². The fraction of sp³-hybridized carbons (Fsp3) is 0.400. The summed E-state index contributed by atoms with van der Waals surface area (Å²) in [6.45, 7) is 3.67. The third kappa shape index (κ3) is 2.98. The van der Waals surface area contributed by atoms with E-state index in [1.807, 2.05) is 46.1 Å². The zero-order valence-electron chi connectivity index (χ0n) is 18.1. The molecule has 7 heteroatoms. The molecule has 7 nitrogen and oxygen atoms in total. The summed E-state index contributed by atoms with van der Waals surface area (Å²) in [6, 6.07) is 9.71. The van der Waals surface area contributed by atoms with E-state index < -0.39 is 0 Å². The van der Waals surface area contributed by atoms with Crippen LogP contribution in [0.2, 0.25) is 0 Å². The van der Waals surface area contributed by atoms with Gasteiger partial charge in [-0.05, 0) is 43.9 Å². The van der Waals surface area contributed by atoms with Crippen molar-refractivity contribution in [1.82, 2.24) is 14.7 Å². The van der Waals surface area contributed by atoms with Crippen LogP contribution in [0.5, 0.6) is 11.5 Å². The molecular formula is C25H26N4O3. The molecule has 0 atom stereocenters. The van der Waals surface area contributed by atoms with Crippen molar-refractivity contribution < 1.29 is 14.3 Å². The number of carbonyl (C=O) groups excluding carboxylic acids is 2. The van der Waals surface area contributed by atoms with E-state index in [0.29, 0.717) is 23.0 Å². The van der Waals surface area contributed by atoms with Crippen molar-refractivity contribution in [2.24, 2.45) is 5.41 Å². The van der Waals surface area contributed by atoms with Crippen molar-refractivity contribution in [1.29, 1.82) is 0 Å². The van der Waals surface area contributed by atoms with E-state index in [1.54, 1.807) is 6.20 Å². The van der Waals surface area contributed by atoms with Gasteiger partial charge in [0, 0.05) is 40.5 Å². The Labute approximate surface area is 186 Å². The van der Waals surface area contributed by atoms with E-state index in [0.717, 1.165) is 55.2 Å². The SMILES string of the molecule is CC1(C(=O)N2CCC(n3cc(Oc4ccc5c6c(cccc46)C(=O)N5)cn3)CC2)CCC1. The van der Waals surface area contributed by atoms with Crippen LogP contribution in [-0.4, -0.2) is 39.6 Å². The summed E-state index contributed by atoms with van der Waals surface area (Å²) in [6.07, 6.45) is 8.68. The van der Waals surface area contributed by atoms with Gasteiger partial charge in [-0.2, -0.15) is 5.10 Å². The molecule has 3 aliphatic rings. The molecule has 1 saturated carbocycles. The first-order chi connectivity index (χ1) is 15.5. The fourth-order valence-corrected chi connectivity index (χ4v) is 5.29. The van der Waals surface area contributed by atoms with Gasteiger partial charge in [-0.1, -0.05) is 25.5 Å². The Bertz CT molecular complexity index is 1240. The number of rotatable bonds is 4. The first-order valence-electron chi connectivity index (χ1n) is 11.4. The average Bonchev–Trinajstić information content (AvgIpc) is 3.39. The van der Waals surface area contributed by atoms with Gasteiger partial charge in [0.25, 0.3) is 5.91 Å². The lowest BCUT2D eigenvalue weighted by atomic mass is 9.69. The third-order valence-corrected chi connectivity index (χ3v) is 7.40. The maximum atomic E-state index is 12.8. The highest BCUT2D eigenvalue weighted by molar-refractivity contribution is 6.24. The highest BCUT2D eigenvalue weighted by atomic mass is 16.5. The van der Waals surface area contributed by atoms with Crippen LogP contribution in [0.25, 0.3) is 10.8 Å². The van der Waals surface area contributed by atoms with Crippen molar-refractivity contribution in [3.63, 3.8) is 0 Å². The number of nitrogens with one attached hydrogen (secondary N) is 1. The second-order valence-corrected chi connectivity index (χ2v) is 9.49. The van der Waals surface area contributed by atoms with Gasteiger partial charge in [0.2, 0.25) is 5.91 Å². The van der Waals surface area contributed by atoms with Gasteiger partial charge in [0.05, 0.1) is 18.4 Å². The van der Waals surface area contributed by atoms with Crippen LogP contribution in [-0.2, 0) is 4.79 Å². The minimum atomic E-state index is -0.126. The van der Waals surface area contributed by atoms with Crippen LogP contribution < -0.4 is 10.1 Å². The number of likely N-dealkylation sites (tertiary alicyclic amines) is 1. The van der Waals surface area contributed by atoms with Gasteiger partial charge in [0.1, 0.15) is 5.75 Å². The second-order valence-electron chi connectivity index (χ2n) is 9.49. The standard InChI is InChI=1S/C25H26N4O3/c1-25(10-3-11-25)24(31)28-12-8-16(9-13-28)29-15-17(14-26-29)32-21-7-6-20-22-18(21)4-2-5-19(22)23(30)27-20/h2,4-7,14-16H,3,8-13H2,1H3,(H,27,30). The molecule has 164 valence electrons. The largest absolute Gasteiger partial charge is 0.453 e. The molecule has 0 radical (unpaired) electrons. The monoisotopic (exact) mass is 430 g/mol. The Morgan fingerprint density at radius 3 is 2.75 bits per heavy atom. The highest BCUT2D eigenvalue weighted by Gasteiger charge is 2.42. The predicted octanol–water partition coefficient (Wildman–Crippen LogP) is 4.75. The number of amides is 2. The van der Waals surface area contributed by atoms with Crippen LogP contribution in [0.15, 0.2) is 42.7 Å². The van der Waals surface area contributed by atoms with Gasteiger partial charge < -0.3 is 15.0 Å². The highest BCUT2D eigenvalue weighted by Crippen LogP contribution is 2.43. The number of nitrogens with zero attached hydrogens (tertiary/aromatic N) is 3. The number of hydrogen-bond acceptors (Lipinski definition) is 4. The number of aromatic nitrogens is 2. The number of carbonyl (C=O) groups is 2. The van der Waals surface area contributed by atoms with Gasteiger partial charge >= 0.3 is 0 Å². The predicted molar refractivity (Wildman–Crippen MR) is 121 cm³/mol. The van der Waals surface area contributed by atoms with E-state index in [9.17, 15) is 9.59 Å². The molecule has 3 aromatic rings. The molecule has 2 aromatic carbocycles. The molecular weight excluding hydrogens is 404 g/mol. The number of ether oxygens (including phenoxy) is 1. The second kappa shape index (κ2) is 7.08. The molecule has 2 aliphatic heterocycles. The van der Waals surface area contributed by atoms with Crippen molar-refractivity contribution >= 4 is 28.3 Å². The Kier molecular flexibility index (Phi) is 4.28. The number of piperidine rings is 1. The number of benzene rings is 2. The molecule has 0 bridgehead atoms. The summed E-state index contributed by atoms with van der Waals surface area (Å²) in [5.74, 6) is 1.62. The number of hydrogen-bond donors (Lipinski definition) is 1. The van der Waals surface area contributed by atoms with E-state index in [2.05, 4.69) is 17.3 Å². The molecule has 1 saturated heterocycles. The number of anilines is 1. The Morgan fingerprint density at radius 2 is 2.00 bits per heavy atom. The molecule has 6 rings (SSSR count). The fourth-order valence-electron chi connectivity index (χ4n) is 5.29. The van der Waals surface area contributed by atoms with Crippen molar-refractivity contribution in [3.05, 3.63) is 48.3 Å². The van der Waals surface area contributed by atoms with Crippen molar-refractivity contribution in [2.75, 3.05) is 18.4 Å². The molecule has 3 heterocycles. The lowest BCUT2D eigenvalue weighted by Gasteiger charge is -2.43. The maximum absolute atomic E-state index is 12.8. The average molecular weight is 431 g/mol. The van der Waals surface area contributed by atoms with Crippen LogP contribution in [0.3, 0.4) is 0 Å². The molecule has 2 fully saturated rings. The Hall–Kier alpha value is -3.35. The Balaban J connectivity index is 1.16. The molecule has 0 spiro atoms. The third-order valence-electron chi connectivity index (χ3n) is 7.40.